The number of aryl methyl sites for hydroxylation is 1. The van der Waals surface area contributed by atoms with Gasteiger partial charge in [-0.2, -0.15) is 0 Å². The zero-order valence-corrected chi connectivity index (χ0v) is 11.7. The predicted molar refractivity (Wildman–Crippen MR) is 74.5 cm³/mol. The Hall–Kier alpha value is -2.04. The van der Waals surface area contributed by atoms with E-state index in [1.54, 1.807) is 6.07 Å². The summed E-state index contributed by atoms with van der Waals surface area (Å²) in [6.45, 7) is 6.06. The Labute approximate surface area is 117 Å². The number of aromatic nitrogens is 2. The van der Waals surface area contributed by atoms with E-state index in [2.05, 4.69) is 15.3 Å². The Bertz CT molecular complexity index is 612. The minimum absolute atomic E-state index is 0.178. The molecule has 1 aromatic carbocycles. The lowest BCUT2D eigenvalue weighted by molar-refractivity contribution is 0.587. The van der Waals surface area contributed by atoms with Gasteiger partial charge in [-0.1, -0.05) is 13.8 Å². The summed E-state index contributed by atoms with van der Waals surface area (Å²) < 4.78 is 26.6. The molecule has 3 nitrogen and oxygen atoms in total. The van der Waals surface area contributed by atoms with E-state index in [0.29, 0.717) is 5.82 Å². The van der Waals surface area contributed by atoms with E-state index < -0.39 is 11.6 Å². The predicted octanol–water partition coefficient (Wildman–Crippen LogP) is 3.80. The Kier molecular flexibility index (Phi) is 4.27. The van der Waals surface area contributed by atoms with Gasteiger partial charge in [0, 0.05) is 29.8 Å². The molecule has 1 aromatic heterocycles. The molecule has 0 amide bonds. The van der Waals surface area contributed by atoms with Crippen molar-refractivity contribution in [2.75, 3.05) is 5.32 Å². The van der Waals surface area contributed by atoms with Crippen molar-refractivity contribution in [3.05, 3.63) is 53.0 Å². The van der Waals surface area contributed by atoms with Gasteiger partial charge in [0.25, 0.3) is 0 Å². The molecule has 0 unspecified atom stereocenters. The first kappa shape index (κ1) is 14.4. The molecule has 2 rings (SSSR count). The average Bonchev–Trinajstić information content (AvgIpc) is 2.39. The smallest absolute Gasteiger partial charge is 0.133 e. The van der Waals surface area contributed by atoms with Crippen LogP contribution < -0.4 is 5.32 Å². The third-order valence-electron chi connectivity index (χ3n) is 2.86. The lowest BCUT2D eigenvalue weighted by Gasteiger charge is -2.10. The maximum absolute atomic E-state index is 13.5. The molecule has 0 aliphatic heterocycles. The Morgan fingerprint density at radius 3 is 2.60 bits per heavy atom. The third-order valence-corrected chi connectivity index (χ3v) is 2.86. The molecular formula is C15H17F2N3. The fourth-order valence-corrected chi connectivity index (χ4v) is 1.80. The minimum Gasteiger partial charge on any atom is -0.366 e. The van der Waals surface area contributed by atoms with Crippen LogP contribution in [0.2, 0.25) is 0 Å². The second-order valence-electron chi connectivity index (χ2n) is 5.00. The molecule has 2 aromatic rings. The number of nitrogens with one attached hydrogen (secondary N) is 1. The second kappa shape index (κ2) is 5.94. The molecule has 0 saturated heterocycles. The van der Waals surface area contributed by atoms with E-state index in [4.69, 9.17) is 0 Å². The maximum atomic E-state index is 13.5. The van der Waals surface area contributed by atoms with Crippen LogP contribution in [-0.4, -0.2) is 9.97 Å². The first-order valence-corrected chi connectivity index (χ1v) is 6.49. The normalized spacial score (nSPS) is 10.9. The van der Waals surface area contributed by atoms with Crippen molar-refractivity contribution in [1.82, 2.24) is 9.97 Å². The molecular weight excluding hydrogens is 260 g/mol. The van der Waals surface area contributed by atoms with Gasteiger partial charge in [0.2, 0.25) is 0 Å². The van der Waals surface area contributed by atoms with Gasteiger partial charge in [-0.25, -0.2) is 18.7 Å². The highest BCUT2D eigenvalue weighted by atomic mass is 19.1. The Balaban J connectivity index is 2.16. The Morgan fingerprint density at radius 2 is 1.90 bits per heavy atom. The summed E-state index contributed by atoms with van der Waals surface area (Å²) in [7, 11) is 0. The second-order valence-corrected chi connectivity index (χ2v) is 5.00. The van der Waals surface area contributed by atoms with Crippen molar-refractivity contribution in [3.8, 4) is 0 Å². The number of rotatable bonds is 4. The maximum Gasteiger partial charge on any atom is 0.133 e. The molecule has 0 radical (unpaired) electrons. The summed E-state index contributed by atoms with van der Waals surface area (Å²) >= 11 is 0. The van der Waals surface area contributed by atoms with Gasteiger partial charge in [0.15, 0.2) is 0 Å². The summed E-state index contributed by atoms with van der Waals surface area (Å²) in [5.41, 5.74) is 1.11. The summed E-state index contributed by atoms with van der Waals surface area (Å²) in [6.07, 6.45) is 0. The summed E-state index contributed by atoms with van der Waals surface area (Å²) in [5.74, 6) is 0.664. The van der Waals surface area contributed by atoms with Crippen molar-refractivity contribution in [2.24, 2.45) is 0 Å². The van der Waals surface area contributed by atoms with E-state index in [1.165, 1.54) is 6.07 Å². The molecule has 0 atom stereocenters. The van der Waals surface area contributed by atoms with Gasteiger partial charge in [-0.15, -0.1) is 0 Å². The van der Waals surface area contributed by atoms with Crippen LogP contribution in [-0.2, 0) is 6.54 Å². The molecule has 20 heavy (non-hydrogen) atoms. The lowest BCUT2D eigenvalue weighted by atomic mass is 10.2. The molecule has 5 heteroatoms. The van der Waals surface area contributed by atoms with E-state index in [0.717, 1.165) is 23.7 Å². The first-order chi connectivity index (χ1) is 9.45. The average molecular weight is 277 g/mol. The molecule has 0 aliphatic carbocycles. The summed E-state index contributed by atoms with van der Waals surface area (Å²) in [6, 6.07) is 5.18. The summed E-state index contributed by atoms with van der Waals surface area (Å²) in [5, 5.41) is 3.01. The molecule has 0 saturated carbocycles. The van der Waals surface area contributed by atoms with Gasteiger partial charge in [-0.3, -0.25) is 0 Å². The van der Waals surface area contributed by atoms with Crippen molar-refractivity contribution in [1.29, 1.82) is 0 Å². The summed E-state index contributed by atoms with van der Waals surface area (Å²) in [4.78, 5) is 8.70. The number of benzene rings is 1. The fraction of sp³-hybridized carbons (Fsp3) is 0.333. The van der Waals surface area contributed by atoms with Crippen LogP contribution in [0.3, 0.4) is 0 Å². The standard InChI is InChI=1S/C15H17F2N3/c1-9(2)15-19-10(3)6-14(20-15)18-8-11-7-12(16)4-5-13(11)17/h4-7,9H,8H2,1-3H3,(H,18,19,20). The minimum atomic E-state index is -0.454. The van der Waals surface area contributed by atoms with Crippen LogP contribution in [0.15, 0.2) is 24.3 Å². The lowest BCUT2D eigenvalue weighted by Crippen LogP contribution is -2.07. The van der Waals surface area contributed by atoms with Crippen molar-refractivity contribution in [3.63, 3.8) is 0 Å². The van der Waals surface area contributed by atoms with E-state index in [-0.39, 0.29) is 18.0 Å². The first-order valence-electron chi connectivity index (χ1n) is 6.49. The van der Waals surface area contributed by atoms with Gasteiger partial charge in [-0.05, 0) is 25.1 Å². The van der Waals surface area contributed by atoms with Gasteiger partial charge < -0.3 is 5.32 Å². The van der Waals surface area contributed by atoms with Crippen LogP contribution in [0.4, 0.5) is 14.6 Å². The molecule has 0 bridgehead atoms. The largest absolute Gasteiger partial charge is 0.366 e. The number of anilines is 1. The van der Waals surface area contributed by atoms with E-state index >= 15 is 0 Å². The molecule has 0 spiro atoms. The van der Waals surface area contributed by atoms with Crippen LogP contribution in [0.25, 0.3) is 0 Å². The van der Waals surface area contributed by atoms with Crippen LogP contribution in [0, 0.1) is 18.6 Å². The zero-order chi connectivity index (χ0) is 14.7. The highest BCUT2D eigenvalue weighted by Crippen LogP contribution is 2.16. The number of hydrogen-bond donors (Lipinski definition) is 1. The van der Waals surface area contributed by atoms with Crippen LogP contribution >= 0.6 is 0 Å². The van der Waals surface area contributed by atoms with Crippen molar-refractivity contribution < 1.29 is 8.78 Å². The monoisotopic (exact) mass is 277 g/mol. The molecule has 106 valence electrons. The van der Waals surface area contributed by atoms with Crippen LogP contribution in [0.1, 0.15) is 36.8 Å². The Morgan fingerprint density at radius 1 is 1.15 bits per heavy atom. The SMILES string of the molecule is Cc1cc(NCc2cc(F)ccc2F)nc(C(C)C)n1. The molecule has 1 N–H and O–H groups in total. The molecule has 0 fully saturated rings. The number of hydrogen-bond acceptors (Lipinski definition) is 3. The van der Waals surface area contributed by atoms with Crippen molar-refractivity contribution >= 4 is 5.82 Å². The van der Waals surface area contributed by atoms with E-state index in [1.807, 2.05) is 20.8 Å². The number of nitrogens with zero attached hydrogens (tertiary/aromatic N) is 2. The third kappa shape index (κ3) is 3.50. The highest BCUT2D eigenvalue weighted by molar-refractivity contribution is 5.37. The molecule has 1 heterocycles. The number of halogens is 2. The topological polar surface area (TPSA) is 37.8 Å². The van der Waals surface area contributed by atoms with Gasteiger partial charge >= 0.3 is 0 Å². The van der Waals surface area contributed by atoms with Gasteiger partial charge in [0.1, 0.15) is 23.3 Å². The van der Waals surface area contributed by atoms with Gasteiger partial charge in [0.05, 0.1) is 0 Å². The van der Waals surface area contributed by atoms with E-state index in [9.17, 15) is 8.78 Å². The highest BCUT2D eigenvalue weighted by Gasteiger charge is 2.08. The van der Waals surface area contributed by atoms with Crippen LogP contribution in [0.5, 0.6) is 0 Å². The van der Waals surface area contributed by atoms with Crippen molar-refractivity contribution in [2.45, 2.75) is 33.2 Å². The molecule has 0 aliphatic rings. The zero-order valence-electron chi connectivity index (χ0n) is 11.7. The quantitative estimate of drug-likeness (QED) is 0.923. The fourth-order valence-electron chi connectivity index (χ4n) is 1.80.